The van der Waals surface area contributed by atoms with Crippen LogP contribution in [0, 0.1) is 17.5 Å². The molecule has 2 aromatic heterocycles. The van der Waals surface area contributed by atoms with Gasteiger partial charge in [-0.05, 0) is 43.2 Å². The molecule has 5 nitrogen and oxygen atoms in total. The highest BCUT2D eigenvalue weighted by Crippen LogP contribution is 2.27. The number of hydrogen-bond donors (Lipinski definition) is 1. The van der Waals surface area contributed by atoms with E-state index in [-0.39, 0.29) is 11.1 Å². The van der Waals surface area contributed by atoms with E-state index in [0.29, 0.717) is 5.69 Å². The summed E-state index contributed by atoms with van der Waals surface area (Å²) in [6.45, 7) is 1.68. The summed E-state index contributed by atoms with van der Waals surface area (Å²) in [6, 6.07) is 6.00. The van der Waals surface area contributed by atoms with Crippen LogP contribution in [0.15, 0.2) is 42.7 Å². The number of carbonyl (C=O) groups is 1. The predicted molar refractivity (Wildman–Crippen MR) is 91.5 cm³/mol. The number of fused-ring (bicyclic) bond motifs is 1. The van der Waals surface area contributed by atoms with E-state index < -0.39 is 23.4 Å². The predicted octanol–water partition coefficient (Wildman–Crippen LogP) is 3.14. The molecule has 8 heteroatoms. The maximum atomic E-state index is 14.5. The monoisotopic (exact) mass is 362 g/mol. The van der Waals surface area contributed by atoms with E-state index in [0.717, 1.165) is 50.2 Å². The number of hydrogen-bond acceptors (Lipinski definition) is 3. The van der Waals surface area contributed by atoms with Crippen LogP contribution in [-0.2, 0) is 0 Å². The summed E-state index contributed by atoms with van der Waals surface area (Å²) >= 11 is 0. The Balaban J connectivity index is 0.000000206. The van der Waals surface area contributed by atoms with Gasteiger partial charge in [0.15, 0.2) is 5.82 Å². The van der Waals surface area contributed by atoms with E-state index >= 15 is 0 Å². The first-order chi connectivity index (χ1) is 12.5. The number of anilines is 1. The molecule has 4 rings (SSSR count). The summed E-state index contributed by atoms with van der Waals surface area (Å²) in [4.78, 5) is 13.2. The number of carbonyl (C=O) groups excluding carboxylic acids is 1. The highest BCUT2D eigenvalue weighted by Gasteiger charge is 2.21. The van der Waals surface area contributed by atoms with Crippen LogP contribution < -0.4 is 10.6 Å². The first-order valence-corrected chi connectivity index (χ1v) is 8.09. The Labute approximate surface area is 147 Å². The quantitative estimate of drug-likeness (QED) is 0.762. The van der Waals surface area contributed by atoms with Gasteiger partial charge in [-0.1, -0.05) is 0 Å². The summed E-state index contributed by atoms with van der Waals surface area (Å²) < 4.78 is 39.6. The van der Waals surface area contributed by atoms with Crippen molar-refractivity contribution < 1.29 is 18.0 Å². The zero-order valence-corrected chi connectivity index (χ0v) is 13.8. The fraction of sp³-hybridized carbons (Fsp3) is 0.222. The van der Waals surface area contributed by atoms with Gasteiger partial charge in [-0.3, -0.25) is 4.79 Å². The fourth-order valence-corrected chi connectivity index (χ4v) is 2.84. The molecule has 1 aromatic carbocycles. The van der Waals surface area contributed by atoms with Crippen LogP contribution in [0.1, 0.15) is 23.2 Å². The zero-order valence-electron chi connectivity index (χ0n) is 13.8. The second kappa shape index (κ2) is 7.47. The Bertz CT molecular complexity index is 897. The molecule has 0 unspecified atom stereocenters. The number of amides is 1. The van der Waals surface area contributed by atoms with Gasteiger partial charge in [-0.25, -0.2) is 17.7 Å². The lowest BCUT2D eigenvalue weighted by Crippen LogP contribution is -2.20. The number of halogens is 3. The zero-order chi connectivity index (χ0) is 18.7. The summed E-state index contributed by atoms with van der Waals surface area (Å²) in [5.41, 5.74) is 6.02. The van der Waals surface area contributed by atoms with Crippen molar-refractivity contribution in [3.05, 3.63) is 65.7 Å². The molecule has 1 aliphatic heterocycles. The molecule has 0 radical (unpaired) electrons. The number of nitrogens with zero attached hydrogens (tertiary/aromatic N) is 3. The van der Waals surface area contributed by atoms with Crippen LogP contribution in [0.4, 0.5) is 18.9 Å². The van der Waals surface area contributed by atoms with Crippen molar-refractivity contribution in [3.63, 3.8) is 0 Å². The van der Waals surface area contributed by atoms with Crippen LogP contribution in [0.25, 0.3) is 5.52 Å². The van der Waals surface area contributed by atoms with Gasteiger partial charge in [-0.2, -0.15) is 5.10 Å². The Morgan fingerprint density at radius 1 is 1.00 bits per heavy atom. The summed E-state index contributed by atoms with van der Waals surface area (Å²) in [7, 11) is 0. The Morgan fingerprint density at radius 3 is 2.12 bits per heavy atom. The standard InChI is InChI=1S/C12H13FN4O.C6H4F2/c13-10-9(16-4-1-2-5-16)3-6-17-11(10)8(7-15-17)12(14)18;7-5-1-2-6(8)4-3-5/h3,6-7H,1-2,4-5H2,(H2,14,18);1-4H. The molecular formula is C18H17F3N4O. The minimum atomic E-state index is -0.664. The normalized spacial score (nSPS) is 13.6. The van der Waals surface area contributed by atoms with Crippen molar-refractivity contribution in [2.24, 2.45) is 5.73 Å². The molecular weight excluding hydrogens is 345 g/mol. The highest BCUT2D eigenvalue weighted by atomic mass is 19.1. The van der Waals surface area contributed by atoms with Crippen LogP contribution in [0.5, 0.6) is 0 Å². The molecule has 0 saturated carbocycles. The number of pyridine rings is 1. The van der Waals surface area contributed by atoms with Gasteiger partial charge in [-0.15, -0.1) is 0 Å². The lowest BCUT2D eigenvalue weighted by atomic mass is 10.2. The molecule has 1 aliphatic rings. The van der Waals surface area contributed by atoms with Gasteiger partial charge in [0, 0.05) is 19.3 Å². The Kier molecular flexibility index (Phi) is 5.11. The molecule has 2 N–H and O–H groups in total. The van der Waals surface area contributed by atoms with Crippen molar-refractivity contribution in [3.8, 4) is 0 Å². The van der Waals surface area contributed by atoms with E-state index in [4.69, 9.17) is 5.73 Å². The SMILES string of the molecule is Fc1ccc(F)cc1.NC(=O)c1cnn2ccc(N3CCCC3)c(F)c12. The van der Waals surface area contributed by atoms with E-state index in [1.165, 1.54) is 10.7 Å². The van der Waals surface area contributed by atoms with E-state index in [9.17, 15) is 18.0 Å². The maximum absolute atomic E-state index is 14.5. The van der Waals surface area contributed by atoms with Gasteiger partial charge in [0.05, 0.1) is 17.4 Å². The minimum Gasteiger partial charge on any atom is -0.369 e. The first kappa shape index (κ1) is 17.8. The van der Waals surface area contributed by atoms with Crippen LogP contribution in [0.3, 0.4) is 0 Å². The third-order valence-electron chi connectivity index (χ3n) is 4.12. The average molecular weight is 362 g/mol. The largest absolute Gasteiger partial charge is 0.369 e. The van der Waals surface area contributed by atoms with Crippen molar-refractivity contribution >= 4 is 17.1 Å². The van der Waals surface area contributed by atoms with Crippen molar-refractivity contribution in [1.82, 2.24) is 9.61 Å². The van der Waals surface area contributed by atoms with Crippen molar-refractivity contribution in [2.45, 2.75) is 12.8 Å². The van der Waals surface area contributed by atoms with Crippen molar-refractivity contribution in [1.29, 1.82) is 0 Å². The van der Waals surface area contributed by atoms with E-state index in [1.807, 2.05) is 4.90 Å². The topological polar surface area (TPSA) is 63.6 Å². The van der Waals surface area contributed by atoms with E-state index in [2.05, 4.69) is 5.10 Å². The lowest BCUT2D eigenvalue weighted by Gasteiger charge is -2.18. The third kappa shape index (κ3) is 3.63. The fourth-order valence-electron chi connectivity index (χ4n) is 2.84. The van der Waals surface area contributed by atoms with Gasteiger partial charge in [0.25, 0.3) is 5.91 Å². The molecule has 1 fully saturated rings. The van der Waals surface area contributed by atoms with Gasteiger partial charge in [0.1, 0.15) is 17.2 Å². The van der Waals surface area contributed by atoms with Gasteiger partial charge >= 0.3 is 0 Å². The molecule has 0 spiro atoms. The van der Waals surface area contributed by atoms with Gasteiger partial charge < -0.3 is 10.6 Å². The molecule has 3 heterocycles. The molecule has 0 bridgehead atoms. The van der Waals surface area contributed by atoms with Crippen LogP contribution in [-0.4, -0.2) is 28.6 Å². The van der Waals surface area contributed by atoms with Crippen LogP contribution in [0.2, 0.25) is 0 Å². The van der Waals surface area contributed by atoms with E-state index in [1.54, 1.807) is 12.3 Å². The Morgan fingerprint density at radius 2 is 1.58 bits per heavy atom. The molecule has 3 aromatic rings. The van der Waals surface area contributed by atoms with Crippen LogP contribution >= 0.6 is 0 Å². The van der Waals surface area contributed by atoms with Gasteiger partial charge in [0.2, 0.25) is 0 Å². The smallest absolute Gasteiger partial charge is 0.252 e. The second-order valence-corrected chi connectivity index (χ2v) is 5.86. The number of aromatic nitrogens is 2. The molecule has 1 amide bonds. The second-order valence-electron chi connectivity index (χ2n) is 5.86. The average Bonchev–Trinajstić information content (AvgIpc) is 3.28. The molecule has 136 valence electrons. The highest BCUT2D eigenvalue weighted by molar-refractivity contribution is 6.00. The summed E-state index contributed by atoms with van der Waals surface area (Å²) in [6.07, 6.45) is 5.08. The number of nitrogens with two attached hydrogens (primary N) is 1. The van der Waals surface area contributed by atoms with Crippen molar-refractivity contribution in [2.75, 3.05) is 18.0 Å². The third-order valence-corrected chi connectivity index (χ3v) is 4.12. The number of primary amides is 1. The number of benzene rings is 1. The Hall–Kier alpha value is -3.03. The molecule has 1 saturated heterocycles. The summed E-state index contributed by atoms with van der Waals surface area (Å²) in [5, 5.41) is 3.93. The molecule has 0 atom stereocenters. The molecule has 0 aliphatic carbocycles. The lowest BCUT2D eigenvalue weighted by molar-refractivity contribution is 0.100. The minimum absolute atomic E-state index is 0.119. The molecule has 26 heavy (non-hydrogen) atoms. The maximum Gasteiger partial charge on any atom is 0.252 e. The number of rotatable bonds is 2. The summed E-state index contributed by atoms with van der Waals surface area (Å²) in [5.74, 6) is -1.91. The first-order valence-electron chi connectivity index (χ1n) is 8.09.